The second-order valence-corrected chi connectivity index (χ2v) is 6.12. The molecular weight excluding hydrogens is 276 g/mol. The first-order valence-corrected chi connectivity index (χ1v) is 7.41. The Morgan fingerprint density at radius 1 is 1.10 bits per heavy atom. The summed E-state index contributed by atoms with van der Waals surface area (Å²) in [5.41, 5.74) is 3.29. The van der Waals surface area contributed by atoms with Crippen molar-refractivity contribution >= 4 is 21.2 Å². The van der Waals surface area contributed by atoms with Gasteiger partial charge in [0.05, 0.1) is 16.7 Å². The number of H-pyrrole nitrogens is 1. The molecule has 6 nitrogen and oxygen atoms in total. The van der Waals surface area contributed by atoms with E-state index in [1.165, 1.54) is 7.05 Å². The van der Waals surface area contributed by atoms with E-state index in [4.69, 9.17) is 0 Å². The molecule has 0 radical (unpaired) electrons. The maximum absolute atomic E-state index is 11.7. The minimum Gasteiger partial charge on any atom is -0.343 e. The number of sulfonamides is 1. The smallest absolute Gasteiger partial charge is 0.240 e. The third kappa shape index (κ3) is 2.17. The lowest BCUT2D eigenvalue weighted by atomic mass is 10.1. The summed E-state index contributed by atoms with van der Waals surface area (Å²) < 4.78 is 25.6. The van der Waals surface area contributed by atoms with Gasteiger partial charge in [-0.15, -0.1) is 0 Å². The number of aromatic amines is 1. The van der Waals surface area contributed by atoms with Gasteiger partial charge in [-0.05, 0) is 30.8 Å². The highest BCUT2D eigenvalue weighted by atomic mass is 32.2. The van der Waals surface area contributed by atoms with Crippen LogP contribution in [-0.4, -0.2) is 30.4 Å². The highest BCUT2D eigenvalue weighted by Crippen LogP contribution is 2.22. The maximum atomic E-state index is 11.7. The summed E-state index contributed by atoms with van der Waals surface area (Å²) in [6.07, 6.45) is 3.30. The number of pyridine rings is 1. The second kappa shape index (κ2) is 4.69. The number of hydrogen-bond donors (Lipinski definition) is 2. The molecule has 0 aliphatic heterocycles. The lowest BCUT2D eigenvalue weighted by Crippen LogP contribution is -2.18. The van der Waals surface area contributed by atoms with Crippen molar-refractivity contribution in [3.05, 3.63) is 42.9 Å². The van der Waals surface area contributed by atoms with Gasteiger partial charge in [0.1, 0.15) is 0 Å². The molecule has 0 bridgehead atoms. The summed E-state index contributed by atoms with van der Waals surface area (Å²) in [7, 11) is -2.02. The van der Waals surface area contributed by atoms with E-state index in [0.29, 0.717) is 5.65 Å². The highest BCUT2D eigenvalue weighted by Gasteiger charge is 2.11. The number of fused-ring (bicyclic) bond motifs is 1. The monoisotopic (exact) mass is 288 g/mol. The van der Waals surface area contributed by atoms with Crippen molar-refractivity contribution in [2.45, 2.75) is 4.90 Å². The van der Waals surface area contributed by atoms with Crippen molar-refractivity contribution in [2.24, 2.45) is 0 Å². The van der Waals surface area contributed by atoms with E-state index < -0.39 is 10.0 Å². The molecule has 102 valence electrons. The maximum Gasteiger partial charge on any atom is 0.240 e. The number of nitrogens with one attached hydrogen (secondary N) is 2. The molecule has 20 heavy (non-hydrogen) atoms. The predicted octanol–water partition coefficient (Wildman–Crippen LogP) is 1.53. The van der Waals surface area contributed by atoms with Gasteiger partial charge >= 0.3 is 0 Å². The van der Waals surface area contributed by atoms with Gasteiger partial charge < -0.3 is 4.98 Å². The van der Waals surface area contributed by atoms with Crippen LogP contribution in [-0.2, 0) is 10.0 Å². The third-order valence-corrected chi connectivity index (χ3v) is 4.47. The largest absolute Gasteiger partial charge is 0.343 e. The van der Waals surface area contributed by atoms with Gasteiger partial charge in [0.25, 0.3) is 0 Å². The van der Waals surface area contributed by atoms with Crippen LogP contribution in [0.3, 0.4) is 0 Å². The van der Waals surface area contributed by atoms with Crippen molar-refractivity contribution in [2.75, 3.05) is 7.05 Å². The summed E-state index contributed by atoms with van der Waals surface area (Å²) in [6, 6.07) is 8.57. The molecule has 0 unspecified atom stereocenters. The summed E-state index contributed by atoms with van der Waals surface area (Å²) >= 11 is 0. The number of aromatic nitrogens is 3. The molecule has 0 atom stereocenters. The van der Waals surface area contributed by atoms with Crippen LogP contribution in [0.2, 0.25) is 0 Å². The zero-order valence-corrected chi connectivity index (χ0v) is 11.5. The number of hydrogen-bond acceptors (Lipinski definition) is 4. The fourth-order valence-electron chi connectivity index (χ4n) is 1.93. The summed E-state index contributed by atoms with van der Waals surface area (Å²) in [4.78, 5) is 11.5. The molecular formula is C13H12N4O2S. The molecule has 0 spiro atoms. The first kappa shape index (κ1) is 12.8. The van der Waals surface area contributed by atoms with Crippen LogP contribution < -0.4 is 4.72 Å². The Labute approximate surface area is 115 Å². The average molecular weight is 288 g/mol. The molecule has 0 saturated carbocycles. The highest BCUT2D eigenvalue weighted by molar-refractivity contribution is 7.89. The topological polar surface area (TPSA) is 87.7 Å². The third-order valence-electron chi connectivity index (χ3n) is 3.04. The Kier molecular flexibility index (Phi) is 3.00. The summed E-state index contributed by atoms with van der Waals surface area (Å²) in [5, 5.41) is 0. The van der Waals surface area contributed by atoms with Gasteiger partial charge in [-0.1, -0.05) is 12.1 Å². The van der Waals surface area contributed by atoms with Crippen molar-refractivity contribution in [1.29, 1.82) is 0 Å². The molecule has 0 aliphatic carbocycles. The summed E-state index contributed by atoms with van der Waals surface area (Å²) in [5.74, 6) is 0. The number of imidazole rings is 1. The molecule has 7 heteroatoms. The van der Waals surface area contributed by atoms with E-state index in [0.717, 1.165) is 16.6 Å². The Bertz CT molecular complexity index is 853. The molecule has 0 saturated heterocycles. The van der Waals surface area contributed by atoms with Crippen molar-refractivity contribution in [1.82, 2.24) is 19.7 Å². The second-order valence-electron chi connectivity index (χ2n) is 4.23. The normalized spacial score (nSPS) is 11.8. The predicted molar refractivity (Wildman–Crippen MR) is 75.6 cm³/mol. The van der Waals surface area contributed by atoms with Crippen LogP contribution in [0.5, 0.6) is 0 Å². The minimum absolute atomic E-state index is 0.235. The van der Waals surface area contributed by atoms with Crippen molar-refractivity contribution < 1.29 is 8.42 Å². The fourth-order valence-corrected chi connectivity index (χ4v) is 2.66. The number of rotatable bonds is 3. The lowest BCUT2D eigenvalue weighted by molar-refractivity contribution is 0.588. The van der Waals surface area contributed by atoms with Gasteiger partial charge in [-0.2, -0.15) is 0 Å². The van der Waals surface area contributed by atoms with E-state index in [9.17, 15) is 8.42 Å². The molecule has 0 amide bonds. The van der Waals surface area contributed by atoms with Gasteiger partial charge in [0.2, 0.25) is 10.0 Å². The zero-order valence-electron chi connectivity index (χ0n) is 10.7. The molecule has 0 aliphatic rings. The van der Waals surface area contributed by atoms with Crippen LogP contribution in [0.25, 0.3) is 22.3 Å². The van der Waals surface area contributed by atoms with Gasteiger partial charge in [-0.3, -0.25) is 0 Å². The van der Waals surface area contributed by atoms with E-state index in [-0.39, 0.29) is 4.90 Å². The van der Waals surface area contributed by atoms with Crippen LogP contribution in [0.1, 0.15) is 0 Å². The van der Waals surface area contributed by atoms with E-state index >= 15 is 0 Å². The Hall–Kier alpha value is -2.25. The van der Waals surface area contributed by atoms with Crippen LogP contribution in [0.15, 0.2) is 47.8 Å². The van der Waals surface area contributed by atoms with E-state index in [1.807, 2.05) is 6.07 Å². The van der Waals surface area contributed by atoms with E-state index in [1.54, 1.807) is 36.8 Å². The van der Waals surface area contributed by atoms with E-state index in [2.05, 4.69) is 19.7 Å². The summed E-state index contributed by atoms with van der Waals surface area (Å²) in [6.45, 7) is 0. The molecule has 2 heterocycles. The van der Waals surface area contributed by atoms with Crippen LogP contribution in [0.4, 0.5) is 0 Å². The average Bonchev–Trinajstić information content (AvgIpc) is 2.94. The Balaban J connectivity index is 2.02. The van der Waals surface area contributed by atoms with Crippen molar-refractivity contribution in [3.8, 4) is 11.1 Å². The SMILES string of the molecule is CNS(=O)(=O)c1ccc(-c2cnc3nc[nH]c3c2)cc1. The zero-order chi connectivity index (χ0) is 14.2. The Morgan fingerprint density at radius 3 is 2.55 bits per heavy atom. The quantitative estimate of drug-likeness (QED) is 0.765. The Morgan fingerprint density at radius 2 is 1.85 bits per heavy atom. The minimum atomic E-state index is -3.40. The number of benzene rings is 1. The van der Waals surface area contributed by atoms with Crippen molar-refractivity contribution in [3.63, 3.8) is 0 Å². The van der Waals surface area contributed by atoms with Gasteiger partial charge in [0.15, 0.2) is 5.65 Å². The molecule has 2 N–H and O–H groups in total. The van der Waals surface area contributed by atoms with Gasteiger partial charge in [0, 0.05) is 11.8 Å². The standard InChI is InChI=1S/C13H12N4O2S/c1-14-20(18,19)11-4-2-9(3-5-11)10-6-12-13(15-7-10)17-8-16-12/h2-8,14H,1H3,(H,15,16,17). The molecule has 3 rings (SSSR count). The molecule has 1 aromatic carbocycles. The number of nitrogens with zero attached hydrogens (tertiary/aromatic N) is 2. The first-order chi connectivity index (χ1) is 9.60. The van der Waals surface area contributed by atoms with Gasteiger partial charge in [-0.25, -0.2) is 23.1 Å². The molecule has 3 aromatic rings. The van der Waals surface area contributed by atoms with Crippen LogP contribution in [0, 0.1) is 0 Å². The lowest BCUT2D eigenvalue weighted by Gasteiger charge is -2.05. The van der Waals surface area contributed by atoms with Crippen LogP contribution >= 0.6 is 0 Å². The first-order valence-electron chi connectivity index (χ1n) is 5.93. The molecule has 0 fully saturated rings. The fraction of sp³-hybridized carbons (Fsp3) is 0.0769. The molecule has 2 aromatic heterocycles.